The minimum absolute atomic E-state index is 0.171. The fraction of sp³-hybridized carbons (Fsp3) is 0.0526. The van der Waals surface area contributed by atoms with Crippen LogP contribution in [-0.4, -0.2) is 11.2 Å². The number of thiazole rings is 1. The van der Waals surface area contributed by atoms with Crippen molar-refractivity contribution in [3.05, 3.63) is 70.4 Å². The summed E-state index contributed by atoms with van der Waals surface area (Å²) >= 11 is 2.45. The topological polar surface area (TPSA) is 37.3 Å². The van der Waals surface area contributed by atoms with Crippen LogP contribution in [0.5, 0.6) is 0 Å². The van der Waals surface area contributed by atoms with E-state index in [2.05, 4.69) is 15.5 Å². The number of hydrazone groups is 1. The highest BCUT2D eigenvalue weighted by atomic mass is 32.1. The van der Waals surface area contributed by atoms with Gasteiger partial charge in [-0.15, -0.1) is 22.7 Å². The third-order valence-corrected chi connectivity index (χ3v) is 5.57. The maximum atomic E-state index is 13.2. The minimum atomic E-state index is -4.39. The molecule has 0 radical (unpaired) electrons. The molecule has 0 aliphatic heterocycles. The van der Waals surface area contributed by atoms with Crippen LogP contribution in [0.1, 0.15) is 11.1 Å². The molecule has 1 N–H and O–H groups in total. The molecule has 0 amide bonds. The zero-order valence-electron chi connectivity index (χ0n) is 13.7. The monoisotopic (exact) mass is 403 g/mol. The molecule has 0 unspecified atom stereocenters. The second-order valence-electron chi connectivity index (χ2n) is 5.64. The molecular weight excluding hydrogens is 391 g/mol. The Morgan fingerprint density at radius 3 is 2.56 bits per heavy atom. The molecule has 8 heteroatoms. The molecule has 0 spiro atoms. The molecule has 3 nitrogen and oxygen atoms in total. The SMILES string of the molecule is FC(F)(F)c1csc2cccc(C=NNc3nc(-c4ccccc4)cs3)c12. The summed E-state index contributed by atoms with van der Waals surface area (Å²) in [7, 11) is 0. The van der Waals surface area contributed by atoms with Gasteiger partial charge in [0.05, 0.1) is 17.5 Å². The predicted octanol–water partition coefficient (Wildman–Crippen LogP) is 6.49. The van der Waals surface area contributed by atoms with E-state index in [0.29, 0.717) is 15.4 Å². The summed E-state index contributed by atoms with van der Waals surface area (Å²) in [6, 6.07) is 14.7. The highest BCUT2D eigenvalue weighted by Crippen LogP contribution is 2.39. The molecule has 0 aliphatic rings. The number of aromatic nitrogens is 1. The highest BCUT2D eigenvalue weighted by molar-refractivity contribution is 7.17. The number of halogens is 3. The number of benzene rings is 2. The van der Waals surface area contributed by atoms with E-state index in [1.807, 2.05) is 35.7 Å². The molecule has 0 bridgehead atoms. The van der Waals surface area contributed by atoms with E-state index in [0.717, 1.165) is 28.0 Å². The first-order chi connectivity index (χ1) is 13.0. The maximum Gasteiger partial charge on any atom is 0.417 e. The highest BCUT2D eigenvalue weighted by Gasteiger charge is 2.34. The zero-order chi connectivity index (χ0) is 18.9. The van der Waals surface area contributed by atoms with Crippen LogP contribution in [0.25, 0.3) is 21.3 Å². The van der Waals surface area contributed by atoms with Gasteiger partial charge in [-0.2, -0.15) is 18.3 Å². The van der Waals surface area contributed by atoms with Crippen LogP contribution >= 0.6 is 22.7 Å². The van der Waals surface area contributed by atoms with Gasteiger partial charge in [0.1, 0.15) is 0 Å². The van der Waals surface area contributed by atoms with Gasteiger partial charge in [0.2, 0.25) is 5.13 Å². The largest absolute Gasteiger partial charge is 0.417 e. The van der Waals surface area contributed by atoms with Crippen LogP contribution in [0.4, 0.5) is 18.3 Å². The molecule has 2 aromatic heterocycles. The van der Waals surface area contributed by atoms with Crippen molar-refractivity contribution in [2.75, 3.05) is 5.43 Å². The Bertz CT molecular complexity index is 1100. The molecule has 0 fully saturated rings. The van der Waals surface area contributed by atoms with Gasteiger partial charge in [-0.3, -0.25) is 5.43 Å². The molecule has 0 saturated carbocycles. The lowest BCUT2D eigenvalue weighted by molar-refractivity contribution is -0.136. The molecule has 4 aromatic rings. The summed E-state index contributed by atoms with van der Waals surface area (Å²) in [5, 5.41) is 7.86. The van der Waals surface area contributed by atoms with Gasteiger partial charge in [-0.05, 0) is 6.07 Å². The molecule has 2 aromatic carbocycles. The van der Waals surface area contributed by atoms with Gasteiger partial charge in [-0.1, -0.05) is 42.5 Å². The first kappa shape index (κ1) is 17.7. The van der Waals surface area contributed by atoms with Crippen molar-refractivity contribution in [1.29, 1.82) is 0 Å². The van der Waals surface area contributed by atoms with Crippen molar-refractivity contribution in [2.24, 2.45) is 5.10 Å². The van der Waals surface area contributed by atoms with E-state index >= 15 is 0 Å². The number of anilines is 1. The molecule has 136 valence electrons. The van der Waals surface area contributed by atoms with Crippen LogP contribution in [0.15, 0.2) is 64.4 Å². The number of alkyl halides is 3. The smallest absolute Gasteiger partial charge is 0.253 e. The lowest BCUT2D eigenvalue weighted by Gasteiger charge is -2.06. The van der Waals surface area contributed by atoms with Crippen molar-refractivity contribution >= 4 is 44.1 Å². The lowest BCUT2D eigenvalue weighted by atomic mass is 10.1. The summed E-state index contributed by atoms with van der Waals surface area (Å²) in [6.45, 7) is 0. The van der Waals surface area contributed by atoms with Crippen molar-refractivity contribution in [2.45, 2.75) is 6.18 Å². The molecule has 0 saturated heterocycles. The van der Waals surface area contributed by atoms with Crippen LogP contribution in [0.2, 0.25) is 0 Å². The second-order valence-corrected chi connectivity index (χ2v) is 7.41. The average Bonchev–Trinajstić information content (AvgIpc) is 3.29. The molecule has 2 heterocycles. The normalized spacial score (nSPS) is 12.1. The number of hydrogen-bond acceptors (Lipinski definition) is 5. The number of nitrogens with one attached hydrogen (secondary N) is 1. The summed E-state index contributed by atoms with van der Waals surface area (Å²) in [5.74, 6) is 0. The molecule has 27 heavy (non-hydrogen) atoms. The van der Waals surface area contributed by atoms with Gasteiger partial charge in [-0.25, -0.2) is 4.98 Å². The zero-order valence-corrected chi connectivity index (χ0v) is 15.3. The standard InChI is InChI=1S/C19H12F3N3S2/c20-19(21,22)14-10-26-16-8-4-7-13(17(14)16)9-23-25-18-24-15(11-27-18)12-5-2-1-3-6-12/h1-11H,(H,24,25). The Morgan fingerprint density at radius 1 is 0.963 bits per heavy atom. The quantitative estimate of drug-likeness (QED) is 0.312. The molecular formula is C19H12F3N3S2. The van der Waals surface area contributed by atoms with E-state index in [1.165, 1.54) is 17.6 Å². The third-order valence-electron chi connectivity index (χ3n) is 3.87. The van der Waals surface area contributed by atoms with Gasteiger partial charge < -0.3 is 0 Å². The Balaban J connectivity index is 1.58. The van der Waals surface area contributed by atoms with Crippen LogP contribution < -0.4 is 5.43 Å². The fourth-order valence-corrected chi connectivity index (χ4v) is 4.32. The Morgan fingerprint density at radius 2 is 1.78 bits per heavy atom. The first-order valence-corrected chi connectivity index (χ1v) is 9.66. The van der Waals surface area contributed by atoms with E-state index < -0.39 is 11.7 Å². The summed E-state index contributed by atoms with van der Waals surface area (Å²) < 4.78 is 40.2. The van der Waals surface area contributed by atoms with Crippen molar-refractivity contribution < 1.29 is 13.2 Å². The lowest BCUT2D eigenvalue weighted by Crippen LogP contribution is -2.04. The van der Waals surface area contributed by atoms with Gasteiger partial charge in [0.15, 0.2) is 0 Å². The van der Waals surface area contributed by atoms with Crippen LogP contribution in [0, 0.1) is 0 Å². The Kier molecular flexibility index (Phi) is 4.67. The van der Waals surface area contributed by atoms with Gasteiger partial charge >= 0.3 is 6.18 Å². The molecule has 0 atom stereocenters. The number of nitrogens with zero attached hydrogens (tertiary/aromatic N) is 2. The first-order valence-electron chi connectivity index (χ1n) is 7.90. The summed E-state index contributed by atoms with van der Waals surface area (Å²) in [6.07, 6.45) is -3.00. The van der Waals surface area contributed by atoms with Gasteiger partial charge in [0, 0.05) is 32.0 Å². The van der Waals surface area contributed by atoms with E-state index in [1.54, 1.807) is 18.2 Å². The van der Waals surface area contributed by atoms with Gasteiger partial charge in [0.25, 0.3) is 0 Å². The second kappa shape index (κ2) is 7.13. The van der Waals surface area contributed by atoms with E-state index in [4.69, 9.17) is 0 Å². The number of thiophene rings is 1. The maximum absolute atomic E-state index is 13.2. The Labute approximate surface area is 160 Å². The average molecular weight is 403 g/mol. The van der Waals surface area contributed by atoms with Crippen LogP contribution in [0.3, 0.4) is 0 Å². The van der Waals surface area contributed by atoms with Crippen molar-refractivity contribution in [3.63, 3.8) is 0 Å². The summed E-state index contributed by atoms with van der Waals surface area (Å²) in [4.78, 5) is 4.44. The van der Waals surface area contributed by atoms with Crippen LogP contribution in [-0.2, 0) is 6.18 Å². The number of hydrogen-bond donors (Lipinski definition) is 1. The number of fused-ring (bicyclic) bond motifs is 1. The number of rotatable bonds is 4. The molecule has 4 rings (SSSR count). The van der Waals surface area contributed by atoms with E-state index in [9.17, 15) is 13.2 Å². The predicted molar refractivity (Wildman–Crippen MR) is 106 cm³/mol. The fourth-order valence-electron chi connectivity index (χ4n) is 2.66. The van der Waals surface area contributed by atoms with Crippen molar-refractivity contribution in [3.8, 4) is 11.3 Å². The molecule has 0 aliphatic carbocycles. The third kappa shape index (κ3) is 3.72. The minimum Gasteiger partial charge on any atom is -0.253 e. The summed E-state index contributed by atoms with van der Waals surface area (Å²) in [5.41, 5.74) is 4.38. The van der Waals surface area contributed by atoms with E-state index in [-0.39, 0.29) is 5.39 Å². The Hall–Kier alpha value is -2.71. The van der Waals surface area contributed by atoms with Crippen molar-refractivity contribution in [1.82, 2.24) is 4.98 Å².